The van der Waals surface area contributed by atoms with E-state index in [0.717, 1.165) is 12.1 Å². The van der Waals surface area contributed by atoms with E-state index in [1.54, 1.807) is 6.92 Å². The highest BCUT2D eigenvalue weighted by Gasteiger charge is 2.71. The highest BCUT2D eigenvalue weighted by molar-refractivity contribution is 5.79. The standard InChI is InChI=1S/C15H17F6NO3/c1-4-25-12(23)9(2)22(3)11-7-5-10(6-8-11)13(24,14(16,17)18)15(19,20)21/h5-9,24H,4H2,1-3H3. The summed E-state index contributed by atoms with van der Waals surface area (Å²) in [5, 5.41) is 9.31. The van der Waals surface area contributed by atoms with Crippen molar-refractivity contribution in [2.24, 2.45) is 0 Å². The van der Waals surface area contributed by atoms with Crippen LogP contribution in [0.15, 0.2) is 24.3 Å². The molecule has 0 aliphatic rings. The predicted octanol–water partition coefficient (Wildman–Crippen LogP) is 3.39. The number of rotatable bonds is 5. The minimum absolute atomic E-state index is 0.125. The van der Waals surface area contributed by atoms with Gasteiger partial charge in [0.2, 0.25) is 0 Å². The molecule has 0 aliphatic carbocycles. The van der Waals surface area contributed by atoms with Crippen LogP contribution >= 0.6 is 0 Å². The Labute approximate surface area is 140 Å². The second-order valence-corrected chi connectivity index (χ2v) is 5.29. The largest absolute Gasteiger partial charge is 0.464 e. The van der Waals surface area contributed by atoms with Gasteiger partial charge in [-0.15, -0.1) is 0 Å². The second kappa shape index (κ2) is 7.11. The molecule has 1 aromatic carbocycles. The van der Waals surface area contributed by atoms with Crippen molar-refractivity contribution in [1.29, 1.82) is 0 Å². The number of hydrogen-bond donors (Lipinski definition) is 1. The van der Waals surface area contributed by atoms with Crippen LogP contribution in [0, 0.1) is 0 Å². The zero-order valence-electron chi connectivity index (χ0n) is 13.6. The van der Waals surface area contributed by atoms with Gasteiger partial charge in [0.25, 0.3) is 5.60 Å². The first-order valence-electron chi connectivity index (χ1n) is 7.13. The molecule has 0 bridgehead atoms. The van der Waals surface area contributed by atoms with Crippen LogP contribution in [0.25, 0.3) is 0 Å². The zero-order chi connectivity index (χ0) is 19.6. The van der Waals surface area contributed by atoms with Crippen LogP contribution < -0.4 is 4.90 Å². The number of nitrogens with zero attached hydrogens (tertiary/aromatic N) is 1. The molecule has 0 amide bonds. The number of anilines is 1. The molecule has 0 fully saturated rings. The number of hydrogen-bond acceptors (Lipinski definition) is 4. The summed E-state index contributed by atoms with van der Waals surface area (Å²) in [6.45, 7) is 3.18. The third-order valence-electron chi connectivity index (χ3n) is 3.72. The summed E-state index contributed by atoms with van der Waals surface area (Å²) in [4.78, 5) is 13.0. The topological polar surface area (TPSA) is 49.8 Å². The molecule has 10 heteroatoms. The van der Waals surface area contributed by atoms with Gasteiger partial charge in [-0.3, -0.25) is 0 Å². The van der Waals surface area contributed by atoms with Gasteiger partial charge in [0.1, 0.15) is 6.04 Å². The minimum Gasteiger partial charge on any atom is -0.464 e. The normalized spacial score (nSPS) is 14.2. The number of aliphatic hydroxyl groups is 1. The maximum atomic E-state index is 12.8. The number of ether oxygens (including phenoxy) is 1. The van der Waals surface area contributed by atoms with E-state index in [2.05, 4.69) is 0 Å². The molecule has 0 radical (unpaired) electrons. The van der Waals surface area contributed by atoms with Crippen LogP contribution in [0.2, 0.25) is 0 Å². The molecule has 0 aromatic heterocycles. The SMILES string of the molecule is CCOC(=O)C(C)N(C)c1ccc(C(O)(C(F)(F)F)C(F)(F)F)cc1. The lowest BCUT2D eigenvalue weighted by molar-refractivity contribution is -0.376. The highest BCUT2D eigenvalue weighted by atomic mass is 19.4. The molecule has 0 saturated carbocycles. The minimum atomic E-state index is -5.95. The average Bonchev–Trinajstić information content (AvgIpc) is 2.50. The van der Waals surface area contributed by atoms with Crippen molar-refractivity contribution in [3.8, 4) is 0 Å². The van der Waals surface area contributed by atoms with Crippen LogP contribution in [-0.4, -0.2) is 43.1 Å². The first-order valence-corrected chi connectivity index (χ1v) is 7.13. The molecule has 1 N–H and O–H groups in total. The van der Waals surface area contributed by atoms with Crippen molar-refractivity contribution in [3.63, 3.8) is 0 Å². The zero-order valence-corrected chi connectivity index (χ0v) is 13.6. The average molecular weight is 373 g/mol. The maximum absolute atomic E-state index is 12.8. The Morgan fingerprint density at radius 3 is 1.92 bits per heavy atom. The van der Waals surface area contributed by atoms with E-state index in [0.29, 0.717) is 12.1 Å². The van der Waals surface area contributed by atoms with Crippen LogP contribution in [0.5, 0.6) is 0 Å². The Bertz CT molecular complexity index is 583. The lowest BCUT2D eigenvalue weighted by Gasteiger charge is -2.33. The summed E-state index contributed by atoms with van der Waals surface area (Å²) in [5.41, 5.74) is -6.17. The van der Waals surface area contributed by atoms with Gasteiger partial charge in [0.05, 0.1) is 6.61 Å². The monoisotopic (exact) mass is 373 g/mol. The summed E-state index contributed by atoms with van der Waals surface area (Å²) in [6, 6.07) is 2.13. The number of carbonyl (C=O) groups is 1. The Hall–Kier alpha value is -1.97. The third-order valence-corrected chi connectivity index (χ3v) is 3.72. The molecule has 0 saturated heterocycles. The third kappa shape index (κ3) is 4.00. The summed E-state index contributed by atoms with van der Waals surface area (Å²) >= 11 is 0. The van der Waals surface area contributed by atoms with Gasteiger partial charge in [-0.1, -0.05) is 12.1 Å². The smallest absolute Gasteiger partial charge is 0.430 e. The van der Waals surface area contributed by atoms with Crippen molar-refractivity contribution in [2.75, 3.05) is 18.6 Å². The maximum Gasteiger partial charge on any atom is 0.430 e. The fraction of sp³-hybridized carbons (Fsp3) is 0.533. The molecule has 1 rings (SSSR count). The summed E-state index contributed by atoms with van der Waals surface area (Å²) in [7, 11) is 1.43. The van der Waals surface area contributed by atoms with Crippen molar-refractivity contribution >= 4 is 11.7 Å². The van der Waals surface area contributed by atoms with E-state index in [1.165, 1.54) is 18.9 Å². The van der Waals surface area contributed by atoms with Crippen molar-refractivity contribution in [3.05, 3.63) is 29.8 Å². The quantitative estimate of drug-likeness (QED) is 0.635. The lowest BCUT2D eigenvalue weighted by atomic mass is 9.92. The van der Waals surface area contributed by atoms with Gasteiger partial charge in [0, 0.05) is 18.3 Å². The van der Waals surface area contributed by atoms with Crippen LogP contribution in [0.4, 0.5) is 32.0 Å². The number of likely N-dealkylation sites (N-methyl/N-ethyl adjacent to an activating group) is 1. The summed E-state index contributed by atoms with van der Waals surface area (Å²) < 4.78 is 81.7. The van der Waals surface area contributed by atoms with Crippen molar-refractivity contribution < 1.29 is 41.0 Å². The molecule has 4 nitrogen and oxygen atoms in total. The molecular formula is C15H17F6NO3. The van der Waals surface area contributed by atoms with Gasteiger partial charge in [-0.25, -0.2) is 4.79 Å². The summed E-state index contributed by atoms with van der Waals surface area (Å²) in [5.74, 6) is -0.601. The van der Waals surface area contributed by atoms with Gasteiger partial charge >= 0.3 is 18.3 Å². The molecule has 1 aromatic rings. The van der Waals surface area contributed by atoms with E-state index < -0.39 is 35.5 Å². The van der Waals surface area contributed by atoms with Crippen molar-refractivity contribution in [1.82, 2.24) is 0 Å². The van der Waals surface area contributed by atoms with Gasteiger partial charge < -0.3 is 14.7 Å². The second-order valence-electron chi connectivity index (χ2n) is 5.29. The van der Waals surface area contributed by atoms with E-state index in [4.69, 9.17) is 4.74 Å². The molecular weight excluding hydrogens is 356 g/mol. The van der Waals surface area contributed by atoms with Gasteiger partial charge in [-0.2, -0.15) is 26.3 Å². The van der Waals surface area contributed by atoms with Crippen LogP contribution in [0.1, 0.15) is 19.4 Å². The molecule has 0 aliphatic heterocycles. The van der Waals surface area contributed by atoms with Crippen LogP contribution in [0.3, 0.4) is 0 Å². The van der Waals surface area contributed by atoms with Crippen molar-refractivity contribution in [2.45, 2.75) is 37.8 Å². The van der Waals surface area contributed by atoms with Crippen LogP contribution in [-0.2, 0) is 15.1 Å². The summed E-state index contributed by atoms with van der Waals surface area (Å²) in [6.07, 6.45) is -11.9. The Morgan fingerprint density at radius 2 is 1.56 bits per heavy atom. The lowest BCUT2D eigenvalue weighted by Crippen LogP contribution is -2.53. The Kier molecular flexibility index (Phi) is 5.99. The highest BCUT2D eigenvalue weighted by Crippen LogP contribution is 2.50. The Morgan fingerprint density at radius 1 is 1.12 bits per heavy atom. The Balaban J connectivity index is 3.19. The van der Waals surface area contributed by atoms with Gasteiger partial charge in [0.15, 0.2) is 0 Å². The molecule has 1 atom stereocenters. The molecule has 0 spiro atoms. The predicted molar refractivity (Wildman–Crippen MR) is 76.9 cm³/mol. The number of halogens is 6. The van der Waals surface area contributed by atoms with E-state index in [-0.39, 0.29) is 12.3 Å². The number of alkyl halides is 6. The molecule has 0 heterocycles. The first kappa shape index (κ1) is 21.1. The fourth-order valence-electron chi connectivity index (χ4n) is 2.07. The number of esters is 1. The molecule has 1 unspecified atom stereocenters. The number of carbonyl (C=O) groups excluding carboxylic acids is 1. The first-order chi connectivity index (χ1) is 11.3. The molecule has 25 heavy (non-hydrogen) atoms. The van der Waals surface area contributed by atoms with E-state index in [9.17, 15) is 36.2 Å². The van der Waals surface area contributed by atoms with E-state index in [1.807, 2.05) is 0 Å². The van der Waals surface area contributed by atoms with E-state index >= 15 is 0 Å². The number of benzene rings is 1. The fourth-order valence-corrected chi connectivity index (χ4v) is 2.07. The molecule has 142 valence electrons. The van der Waals surface area contributed by atoms with Gasteiger partial charge in [-0.05, 0) is 26.0 Å².